The van der Waals surface area contributed by atoms with E-state index in [2.05, 4.69) is 9.47 Å². The second-order valence-electron chi connectivity index (χ2n) is 6.91. The van der Waals surface area contributed by atoms with E-state index in [0.29, 0.717) is 0 Å². The molecule has 0 saturated carbocycles. The van der Waals surface area contributed by atoms with Crippen LogP contribution in [0.1, 0.15) is 60.2 Å². The van der Waals surface area contributed by atoms with Crippen LogP contribution in [0.3, 0.4) is 0 Å². The van der Waals surface area contributed by atoms with Crippen LogP contribution in [-0.2, 0) is 28.7 Å². The molecule has 0 amide bonds. The van der Waals surface area contributed by atoms with Gasteiger partial charge in [-0.15, -0.1) is 0 Å². The Morgan fingerprint density at radius 2 is 0.941 bits per heavy atom. The molecule has 34 heavy (non-hydrogen) atoms. The first-order valence-corrected chi connectivity index (χ1v) is 10.2. The summed E-state index contributed by atoms with van der Waals surface area (Å²) in [5.74, 6) is -4.85. The first-order chi connectivity index (χ1) is 16.2. The van der Waals surface area contributed by atoms with E-state index < -0.39 is 35.8 Å². The highest BCUT2D eigenvalue weighted by molar-refractivity contribution is 5.99. The molecule has 0 spiro atoms. The zero-order chi connectivity index (χ0) is 25.1. The summed E-state index contributed by atoms with van der Waals surface area (Å²) in [5, 5.41) is 0. The highest BCUT2D eigenvalue weighted by Crippen LogP contribution is 2.21. The molecule has 0 N–H and O–H groups in total. The van der Waals surface area contributed by atoms with Crippen LogP contribution >= 0.6 is 0 Å². The number of hydrogen-bond acceptors (Lipinski definition) is 10. The first-order valence-electron chi connectivity index (χ1n) is 10.2. The number of para-hydroxylation sites is 2. The minimum Gasteiger partial charge on any atom is -0.426 e. The molecule has 0 aliphatic heterocycles. The summed E-state index contributed by atoms with van der Waals surface area (Å²) >= 11 is 0. The Bertz CT molecular complexity index is 1010. The van der Waals surface area contributed by atoms with Gasteiger partial charge >= 0.3 is 35.8 Å². The molecule has 0 radical (unpaired) electrons. The highest BCUT2D eigenvalue weighted by Gasteiger charge is 2.19. The molecule has 0 heterocycles. The lowest BCUT2D eigenvalue weighted by molar-refractivity contribution is -0.137. The summed E-state index contributed by atoms with van der Waals surface area (Å²) in [6, 6.07) is 11.6. The Morgan fingerprint density at radius 3 is 1.29 bits per heavy atom. The van der Waals surface area contributed by atoms with Crippen molar-refractivity contribution >= 4 is 35.8 Å². The lowest BCUT2D eigenvalue weighted by atomic mass is 10.2. The standard InChI is InChI=1S/C24H22O10/c1-15(25)31-23(29)17-9-3-5-11-19(17)33-21(27)13-7-8-14-22(28)34-20-12-6-4-10-18(20)24(30)32-16(2)26/h3-6,9-12H,7-8,13-14H2,1-2H3. The van der Waals surface area contributed by atoms with Gasteiger partial charge in [-0.2, -0.15) is 0 Å². The molecule has 0 bridgehead atoms. The highest BCUT2D eigenvalue weighted by atomic mass is 16.6. The average molecular weight is 470 g/mol. The van der Waals surface area contributed by atoms with Gasteiger partial charge in [-0.1, -0.05) is 24.3 Å². The molecular formula is C24H22O10. The smallest absolute Gasteiger partial charge is 0.349 e. The van der Waals surface area contributed by atoms with E-state index in [1.54, 1.807) is 12.1 Å². The number of carbonyl (C=O) groups excluding carboxylic acids is 6. The van der Waals surface area contributed by atoms with Crippen LogP contribution in [0.2, 0.25) is 0 Å². The van der Waals surface area contributed by atoms with Gasteiger partial charge in [-0.25, -0.2) is 9.59 Å². The predicted molar refractivity (Wildman–Crippen MR) is 115 cm³/mol. The quantitative estimate of drug-likeness (QED) is 0.232. The van der Waals surface area contributed by atoms with Gasteiger partial charge in [0.1, 0.15) is 22.6 Å². The van der Waals surface area contributed by atoms with E-state index in [9.17, 15) is 28.8 Å². The van der Waals surface area contributed by atoms with Crippen LogP contribution in [0.25, 0.3) is 0 Å². The number of benzene rings is 2. The monoisotopic (exact) mass is 470 g/mol. The number of unbranched alkanes of at least 4 members (excludes halogenated alkanes) is 1. The van der Waals surface area contributed by atoms with Crippen molar-refractivity contribution in [2.24, 2.45) is 0 Å². The minimum atomic E-state index is -0.939. The van der Waals surface area contributed by atoms with E-state index in [-0.39, 0.29) is 48.3 Å². The molecule has 0 aromatic heterocycles. The number of ether oxygens (including phenoxy) is 4. The third kappa shape index (κ3) is 8.30. The Morgan fingerprint density at radius 1 is 0.588 bits per heavy atom. The predicted octanol–water partition coefficient (Wildman–Crippen LogP) is 3.16. The van der Waals surface area contributed by atoms with Crippen LogP contribution in [0, 0.1) is 0 Å². The third-order valence-corrected chi connectivity index (χ3v) is 4.15. The molecule has 0 fully saturated rings. The second kappa shape index (κ2) is 12.6. The fourth-order valence-electron chi connectivity index (χ4n) is 2.71. The van der Waals surface area contributed by atoms with Crippen molar-refractivity contribution in [2.75, 3.05) is 0 Å². The first kappa shape index (κ1) is 25.9. The summed E-state index contributed by atoms with van der Waals surface area (Å²) in [4.78, 5) is 70.0. The fourth-order valence-corrected chi connectivity index (χ4v) is 2.71. The fraction of sp³-hybridized carbons (Fsp3) is 0.250. The van der Waals surface area contributed by atoms with Gasteiger partial charge in [0.2, 0.25) is 0 Å². The SMILES string of the molecule is CC(=O)OC(=O)c1ccccc1OC(=O)CCCCC(=O)Oc1ccccc1C(=O)OC(C)=O. The van der Waals surface area contributed by atoms with E-state index >= 15 is 0 Å². The largest absolute Gasteiger partial charge is 0.426 e. The van der Waals surface area contributed by atoms with Gasteiger partial charge in [0.15, 0.2) is 0 Å². The minimum absolute atomic E-state index is 0.0489. The molecule has 0 saturated heterocycles. The summed E-state index contributed by atoms with van der Waals surface area (Å²) in [7, 11) is 0. The molecule has 10 nitrogen and oxygen atoms in total. The zero-order valence-electron chi connectivity index (χ0n) is 18.5. The van der Waals surface area contributed by atoms with Crippen molar-refractivity contribution < 1.29 is 47.7 Å². The molecule has 10 heteroatoms. The van der Waals surface area contributed by atoms with E-state index in [1.807, 2.05) is 0 Å². The Kier molecular flexibility index (Phi) is 9.63. The third-order valence-electron chi connectivity index (χ3n) is 4.15. The normalized spacial score (nSPS) is 10.1. The van der Waals surface area contributed by atoms with Crippen molar-refractivity contribution in [3.63, 3.8) is 0 Å². The maximum atomic E-state index is 12.1. The van der Waals surface area contributed by atoms with Crippen molar-refractivity contribution in [3.05, 3.63) is 59.7 Å². The van der Waals surface area contributed by atoms with E-state index in [1.165, 1.54) is 36.4 Å². The van der Waals surface area contributed by atoms with Crippen LogP contribution in [0.5, 0.6) is 11.5 Å². The Balaban J connectivity index is 1.83. The maximum Gasteiger partial charge on any atom is 0.349 e. The lowest BCUT2D eigenvalue weighted by Crippen LogP contribution is -2.15. The summed E-state index contributed by atoms with van der Waals surface area (Å²) in [6.07, 6.45) is 0.458. The topological polar surface area (TPSA) is 139 Å². The summed E-state index contributed by atoms with van der Waals surface area (Å²) < 4.78 is 19.4. The number of rotatable bonds is 9. The van der Waals surface area contributed by atoms with Crippen LogP contribution in [-0.4, -0.2) is 35.8 Å². The van der Waals surface area contributed by atoms with Crippen LogP contribution in [0.4, 0.5) is 0 Å². The van der Waals surface area contributed by atoms with Crippen molar-refractivity contribution in [3.8, 4) is 11.5 Å². The number of carbonyl (C=O) groups is 6. The molecule has 178 valence electrons. The molecule has 0 aliphatic rings. The molecule has 0 atom stereocenters. The van der Waals surface area contributed by atoms with Gasteiger partial charge in [0.05, 0.1) is 0 Å². The molecular weight excluding hydrogens is 448 g/mol. The van der Waals surface area contributed by atoms with Crippen molar-refractivity contribution in [2.45, 2.75) is 39.5 Å². The van der Waals surface area contributed by atoms with Crippen LogP contribution < -0.4 is 9.47 Å². The van der Waals surface area contributed by atoms with Crippen molar-refractivity contribution in [1.29, 1.82) is 0 Å². The maximum absolute atomic E-state index is 12.1. The van der Waals surface area contributed by atoms with Gasteiger partial charge in [0.25, 0.3) is 0 Å². The molecule has 2 aromatic carbocycles. The molecule has 0 aliphatic carbocycles. The Hall–Kier alpha value is -4.34. The van der Waals surface area contributed by atoms with Gasteiger partial charge in [-0.05, 0) is 37.1 Å². The average Bonchev–Trinajstić information content (AvgIpc) is 2.76. The lowest BCUT2D eigenvalue weighted by Gasteiger charge is -2.09. The van der Waals surface area contributed by atoms with Gasteiger partial charge < -0.3 is 18.9 Å². The zero-order valence-corrected chi connectivity index (χ0v) is 18.5. The van der Waals surface area contributed by atoms with E-state index in [0.717, 1.165) is 13.8 Å². The van der Waals surface area contributed by atoms with Gasteiger partial charge in [-0.3, -0.25) is 19.2 Å². The molecule has 2 aromatic rings. The van der Waals surface area contributed by atoms with Crippen LogP contribution in [0.15, 0.2) is 48.5 Å². The number of esters is 6. The Labute approximate surface area is 194 Å². The summed E-state index contributed by atoms with van der Waals surface area (Å²) in [6.45, 7) is 2.15. The summed E-state index contributed by atoms with van der Waals surface area (Å²) in [5.41, 5.74) is -0.145. The van der Waals surface area contributed by atoms with Crippen molar-refractivity contribution in [1.82, 2.24) is 0 Å². The second-order valence-corrected chi connectivity index (χ2v) is 6.91. The number of hydrogen-bond donors (Lipinski definition) is 0. The molecule has 2 rings (SSSR count). The van der Waals surface area contributed by atoms with E-state index in [4.69, 9.17) is 9.47 Å². The van der Waals surface area contributed by atoms with Gasteiger partial charge in [0, 0.05) is 26.7 Å². The molecule has 0 unspecified atom stereocenters.